The van der Waals surface area contributed by atoms with Crippen molar-refractivity contribution >= 4 is 33.1 Å². The number of ether oxygens (including phenoxy) is 1. The summed E-state index contributed by atoms with van der Waals surface area (Å²) in [6.45, 7) is 3.12. The summed E-state index contributed by atoms with van der Waals surface area (Å²) in [5, 5.41) is 3.68. The van der Waals surface area contributed by atoms with Gasteiger partial charge >= 0.3 is 0 Å². The second kappa shape index (κ2) is 5.99. The molecular weight excluding hydrogens is 262 g/mol. The first-order chi connectivity index (χ1) is 9.13. The van der Waals surface area contributed by atoms with Crippen LogP contribution in [0, 0.1) is 6.92 Å². The number of thiophene rings is 1. The zero-order valence-corrected chi connectivity index (χ0v) is 11.8. The van der Waals surface area contributed by atoms with E-state index in [0.717, 1.165) is 22.3 Å². The molecule has 6 heteroatoms. The van der Waals surface area contributed by atoms with E-state index < -0.39 is 0 Å². The van der Waals surface area contributed by atoms with Crippen molar-refractivity contribution in [2.45, 2.75) is 13.3 Å². The highest BCUT2D eigenvalue weighted by molar-refractivity contribution is 7.21. The summed E-state index contributed by atoms with van der Waals surface area (Å²) < 4.78 is 4.93. The molecule has 0 fully saturated rings. The number of carbonyl (C=O) groups is 1. The van der Waals surface area contributed by atoms with Gasteiger partial charge in [0.1, 0.15) is 9.71 Å². The molecule has 0 saturated carbocycles. The van der Waals surface area contributed by atoms with E-state index in [4.69, 9.17) is 10.5 Å². The molecule has 0 aliphatic rings. The number of hydrogen-bond acceptors (Lipinski definition) is 5. The first kappa shape index (κ1) is 13.8. The molecule has 0 bridgehead atoms. The van der Waals surface area contributed by atoms with Gasteiger partial charge in [-0.3, -0.25) is 4.79 Å². The van der Waals surface area contributed by atoms with Crippen LogP contribution in [0.5, 0.6) is 0 Å². The molecule has 2 aromatic heterocycles. The molecule has 5 nitrogen and oxygen atoms in total. The molecule has 0 unspecified atom stereocenters. The van der Waals surface area contributed by atoms with Crippen LogP contribution in [0.25, 0.3) is 10.2 Å². The molecule has 0 aliphatic carbocycles. The van der Waals surface area contributed by atoms with Crippen LogP contribution in [0.15, 0.2) is 12.1 Å². The van der Waals surface area contributed by atoms with E-state index in [2.05, 4.69) is 10.3 Å². The van der Waals surface area contributed by atoms with Crippen molar-refractivity contribution in [3.05, 3.63) is 22.7 Å². The number of hydrogen-bond donors (Lipinski definition) is 2. The fourth-order valence-corrected chi connectivity index (χ4v) is 2.81. The van der Waals surface area contributed by atoms with Gasteiger partial charge in [-0.05, 0) is 25.5 Å². The first-order valence-corrected chi connectivity index (χ1v) is 6.88. The Labute approximate surface area is 115 Å². The van der Waals surface area contributed by atoms with E-state index in [1.54, 1.807) is 7.11 Å². The maximum Gasteiger partial charge on any atom is 0.263 e. The van der Waals surface area contributed by atoms with Crippen LogP contribution in [-0.4, -0.2) is 31.2 Å². The van der Waals surface area contributed by atoms with Gasteiger partial charge in [-0.15, -0.1) is 11.3 Å². The maximum atomic E-state index is 12.0. The van der Waals surface area contributed by atoms with Crippen LogP contribution in [0.2, 0.25) is 0 Å². The molecule has 1 amide bonds. The molecule has 2 heterocycles. The number of rotatable bonds is 5. The van der Waals surface area contributed by atoms with Gasteiger partial charge in [0.15, 0.2) is 0 Å². The zero-order chi connectivity index (χ0) is 13.8. The highest BCUT2D eigenvalue weighted by atomic mass is 32.1. The normalized spacial score (nSPS) is 10.8. The third-order valence-corrected chi connectivity index (χ3v) is 3.86. The first-order valence-electron chi connectivity index (χ1n) is 6.06. The van der Waals surface area contributed by atoms with Crippen molar-refractivity contribution in [2.24, 2.45) is 0 Å². The molecule has 0 spiro atoms. The average molecular weight is 279 g/mol. The summed E-state index contributed by atoms with van der Waals surface area (Å²) in [7, 11) is 1.64. The fraction of sp³-hybridized carbons (Fsp3) is 0.385. The third-order valence-electron chi connectivity index (χ3n) is 2.75. The Hall–Kier alpha value is -1.66. The second-order valence-corrected chi connectivity index (χ2v) is 5.25. The van der Waals surface area contributed by atoms with Crippen LogP contribution in [0.3, 0.4) is 0 Å². The van der Waals surface area contributed by atoms with Gasteiger partial charge in [0.2, 0.25) is 0 Å². The van der Waals surface area contributed by atoms with Gasteiger partial charge in [-0.1, -0.05) is 0 Å². The van der Waals surface area contributed by atoms with Crippen molar-refractivity contribution in [1.29, 1.82) is 0 Å². The van der Waals surface area contributed by atoms with Gasteiger partial charge in [-0.2, -0.15) is 0 Å². The molecule has 102 valence electrons. The number of nitrogens with one attached hydrogen (secondary N) is 1. The topological polar surface area (TPSA) is 77.2 Å². The predicted molar refractivity (Wildman–Crippen MR) is 77.6 cm³/mol. The van der Waals surface area contributed by atoms with Gasteiger partial charge in [-0.25, -0.2) is 4.98 Å². The average Bonchev–Trinajstić information content (AvgIpc) is 2.71. The van der Waals surface area contributed by atoms with E-state index in [1.807, 2.05) is 19.1 Å². The summed E-state index contributed by atoms with van der Waals surface area (Å²) in [5.41, 5.74) is 7.43. The van der Waals surface area contributed by atoms with Gasteiger partial charge in [0.05, 0.1) is 5.69 Å². The molecule has 0 aromatic carbocycles. The Balaban J connectivity index is 2.15. The van der Waals surface area contributed by atoms with Crippen molar-refractivity contribution in [1.82, 2.24) is 10.3 Å². The number of amides is 1. The molecule has 2 aromatic rings. The second-order valence-electron chi connectivity index (χ2n) is 4.25. The monoisotopic (exact) mass is 279 g/mol. The third kappa shape index (κ3) is 3.02. The standard InChI is InChI=1S/C13H17N3O2S/c1-8-4-5-9-10(14)11(19-13(9)16-8)12(17)15-6-3-7-18-2/h4-5H,3,6-7,14H2,1-2H3,(H,15,17). The summed E-state index contributed by atoms with van der Waals surface area (Å²) in [6.07, 6.45) is 0.782. The molecule has 0 saturated heterocycles. The van der Waals surface area contributed by atoms with E-state index in [0.29, 0.717) is 23.7 Å². The number of nitrogen functional groups attached to an aromatic ring is 1. The lowest BCUT2D eigenvalue weighted by Crippen LogP contribution is -2.25. The molecule has 19 heavy (non-hydrogen) atoms. The summed E-state index contributed by atoms with van der Waals surface area (Å²) >= 11 is 1.33. The van der Waals surface area contributed by atoms with Crippen LogP contribution in [0.4, 0.5) is 5.69 Å². The van der Waals surface area contributed by atoms with Crippen LogP contribution < -0.4 is 11.1 Å². The van der Waals surface area contributed by atoms with E-state index in [-0.39, 0.29) is 5.91 Å². The van der Waals surface area contributed by atoms with Gasteiger partial charge < -0.3 is 15.8 Å². The number of nitrogens with zero attached hydrogens (tertiary/aromatic N) is 1. The number of pyridine rings is 1. The number of carbonyl (C=O) groups excluding carboxylic acids is 1. The van der Waals surface area contributed by atoms with Gasteiger partial charge in [0.25, 0.3) is 5.91 Å². The Kier molecular flexibility index (Phi) is 4.34. The minimum atomic E-state index is -0.144. The van der Waals surface area contributed by atoms with Crippen LogP contribution in [0.1, 0.15) is 21.8 Å². The molecule has 3 N–H and O–H groups in total. The number of aromatic nitrogens is 1. The summed E-state index contributed by atoms with van der Waals surface area (Å²) in [4.78, 5) is 17.8. The van der Waals surface area contributed by atoms with Crippen LogP contribution >= 0.6 is 11.3 Å². The Morgan fingerprint density at radius 1 is 1.53 bits per heavy atom. The predicted octanol–water partition coefficient (Wildman–Crippen LogP) is 1.95. The SMILES string of the molecule is COCCCNC(=O)c1sc2nc(C)ccc2c1N. The van der Waals surface area contributed by atoms with Crippen molar-refractivity contribution in [3.8, 4) is 0 Å². The Morgan fingerprint density at radius 2 is 2.32 bits per heavy atom. The lowest BCUT2D eigenvalue weighted by Gasteiger charge is -2.03. The lowest BCUT2D eigenvalue weighted by atomic mass is 10.2. The molecule has 0 radical (unpaired) electrons. The molecule has 0 aliphatic heterocycles. The van der Waals surface area contributed by atoms with E-state index >= 15 is 0 Å². The Morgan fingerprint density at radius 3 is 3.05 bits per heavy atom. The number of fused-ring (bicyclic) bond motifs is 1. The number of anilines is 1. The van der Waals surface area contributed by atoms with Crippen molar-refractivity contribution < 1.29 is 9.53 Å². The van der Waals surface area contributed by atoms with Crippen LogP contribution in [-0.2, 0) is 4.74 Å². The van der Waals surface area contributed by atoms with Crippen molar-refractivity contribution in [3.63, 3.8) is 0 Å². The Bertz CT molecular complexity index is 595. The number of methoxy groups -OCH3 is 1. The number of nitrogens with two attached hydrogens (primary N) is 1. The highest BCUT2D eigenvalue weighted by Gasteiger charge is 2.16. The smallest absolute Gasteiger partial charge is 0.263 e. The zero-order valence-electron chi connectivity index (χ0n) is 11.0. The lowest BCUT2D eigenvalue weighted by molar-refractivity contribution is 0.0953. The summed E-state index contributed by atoms with van der Waals surface area (Å²) in [5.74, 6) is -0.144. The maximum absolute atomic E-state index is 12.0. The minimum Gasteiger partial charge on any atom is -0.397 e. The quantitative estimate of drug-likeness (QED) is 0.820. The summed E-state index contributed by atoms with van der Waals surface area (Å²) in [6, 6.07) is 3.80. The minimum absolute atomic E-state index is 0.144. The van der Waals surface area contributed by atoms with E-state index in [1.165, 1.54) is 11.3 Å². The highest BCUT2D eigenvalue weighted by Crippen LogP contribution is 2.32. The number of aryl methyl sites for hydroxylation is 1. The van der Waals surface area contributed by atoms with Gasteiger partial charge in [0, 0.05) is 31.3 Å². The van der Waals surface area contributed by atoms with Crippen molar-refractivity contribution in [2.75, 3.05) is 26.0 Å². The molecule has 0 atom stereocenters. The fourth-order valence-electron chi connectivity index (χ4n) is 1.76. The molecule has 2 rings (SSSR count). The largest absolute Gasteiger partial charge is 0.397 e. The van der Waals surface area contributed by atoms with E-state index in [9.17, 15) is 4.79 Å². The molecular formula is C13H17N3O2S.